The summed E-state index contributed by atoms with van der Waals surface area (Å²) in [5.74, 6) is 1.71. The minimum Gasteiger partial charge on any atom is -0.357 e. The van der Waals surface area contributed by atoms with Gasteiger partial charge in [-0.3, -0.25) is 0 Å². The van der Waals surface area contributed by atoms with Crippen molar-refractivity contribution in [2.24, 2.45) is 4.99 Å². The highest BCUT2D eigenvalue weighted by Gasteiger charge is 2.03. The minimum atomic E-state index is 0. The van der Waals surface area contributed by atoms with E-state index in [0.717, 1.165) is 42.6 Å². The molecule has 1 aromatic carbocycles. The number of aromatic amines is 1. The van der Waals surface area contributed by atoms with Gasteiger partial charge in [0.05, 0.1) is 11.9 Å². The van der Waals surface area contributed by atoms with Crippen molar-refractivity contribution in [3.05, 3.63) is 42.4 Å². The maximum atomic E-state index is 4.56. The normalized spacial score (nSPS) is 11.0. The van der Waals surface area contributed by atoms with Crippen molar-refractivity contribution in [3.63, 3.8) is 0 Å². The monoisotopic (exact) mass is 427 g/mol. The van der Waals surface area contributed by atoms with E-state index in [9.17, 15) is 0 Å². The van der Waals surface area contributed by atoms with E-state index in [-0.39, 0.29) is 24.0 Å². The number of H-pyrrole nitrogens is 1. The second-order valence-electron chi connectivity index (χ2n) is 5.09. The summed E-state index contributed by atoms with van der Waals surface area (Å²) in [7, 11) is 0. The maximum Gasteiger partial charge on any atom is 0.191 e. The van der Waals surface area contributed by atoms with Crippen molar-refractivity contribution < 1.29 is 0 Å². The number of guanidine groups is 1. The molecule has 0 atom stereocenters. The van der Waals surface area contributed by atoms with Gasteiger partial charge in [-0.1, -0.05) is 43.7 Å². The second kappa shape index (κ2) is 11.0. The highest BCUT2D eigenvalue weighted by Crippen LogP contribution is 2.16. The molecule has 3 N–H and O–H groups in total. The molecule has 0 amide bonds. The lowest BCUT2D eigenvalue weighted by Gasteiger charge is -2.10. The summed E-state index contributed by atoms with van der Waals surface area (Å²) in [6.45, 7) is 6.58. The predicted molar refractivity (Wildman–Crippen MR) is 107 cm³/mol. The number of aliphatic imine (C=N–C) groups is 1. The Balaban J connectivity index is 0.00000264. The van der Waals surface area contributed by atoms with Crippen molar-refractivity contribution in [2.45, 2.75) is 33.2 Å². The molecule has 0 spiro atoms. The quantitative estimate of drug-likeness (QED) is 0.274. The van der Waals surface area contributed by atoms with Gasteiger partial charge < -0.3 is 15.6 Å². The SMILES string of the molecule is CCCCNC(=NCc1ncc(-c2ccccc2)[nH]1)NCC.I. The van der Waals surface area contributed by atoms with Crippen LogP contribution in [0.3, 0.4) is 0 Å². The topological polar surface area (TPSA) is 65.1 Å². The Hall–Kier alpha value is -1.57. The van der Waals surface area contributed by atoms with Crippen molar-refractivity contribution in [3.8, 4) is 11.3 Å². The highest BCUT2D eigenvalue weighted by atomic mass is 127. The maximum absolute atomic E-state index is 4.56. The van der Waals surface area contributed by atoms with Gasteiger partial charge in [0.25, 0.3) is 0 Å². The fourth-order valence-electron chi connectivity index (χ4n) is 2.09. The van der Waals surface area contributed by atoms with Crippen LogP contribution in [-0.4, -0.2) is 29.0 Å². The lowest BCUT2D eigenvalue weighted by Crippen LogP contribution is -2.37. The van der Waals surface area contributed by atoms with Crippen LogP contribution in [0.1, 0.15) is 32.5 Å². The molecule has 1 heterocycles. The van der Waals surface area contributed by atoms with Gasteiger partial charge in [-0.2, -0.15) is 0 Å². The molecular formula is C17H26IN5. The molecule has 2 aromatic rings. The number of imidazole rings is 1. The molecule has 2 rings (SSSR count). The third-order valence-corrected chi connectivity index (χ3v) is 3.27. The van der Waals surface area contributed by atoms with E-state index in [2.05, 4.69) is 51.6 Å². The van der Waals surface area contributed by atoms with Crippen molar-refractivity contribution in [1.29, 1.82) is 0 Å². The van der Waals surface area contributed by atoms with Gasteiger partial charge in [0.2, 0.25) is 0 Å². The number of hydrogen-bond acceptors (Lipinski definition) is 2. The van der Waals surface area contributed by atoms with E-state index < -0.39 is 0 Å². The molecule has 0 aliphatic heterocycles. The fourth-order valence-corrected chi connectivity index (χ4v) is 2.09. The number of halogens is 1. The zero-order valence-corrected chi connectivity index (χ0v) is 16.1. The van der Waals surface area contributed by atoms with E-state index in [1.165, 1.54) is 6.42 Å². The van der Waals surface area contributed by atoms with E-state index >= 15 is 0 Å². The molecule has 0 bridgehead atoms. The summed E-state index contributed by atoms with van der Waals surface area (Å²) in [5.41, 5.74) is 2.16. The standard InChI is InChI=1S/C17H25N5.HI/c1-3-5-11-19-17(18-4-2)21-13-16-20-12-15(22-16)14-9-7-6-8-10-14;/h6-10,12H,3-5,11,13H2,1-2H3,(H,20,22)(H2,18,19,21);1H. The van der Waals surface area contributed by atoms with Crippen LogP contribution < -0.4 is 10.6 Å². The number of nitrogens with one attached hydrogen (secondary N) is 3. The lowest BCUT2D eigenvalue weighted by molar-refractivity contribution is 0.728. The third kappa shape index (κ3) is 6.60. The number of aromatic nitrogens is 2. The van der Waals surface area contributed by atoms with Crippen LogP contribution in [0.5, 0.6) is 0 Å². The summed E-state index contributed by atoms with van der Waals surface area (Å²) in [6.07, 6.45) is 4.17. The summed E-state index contributed by atoms with van der Waals surface area (Å²) in [5, 5.41) is 6.58. The Morgan fingerprint density at radius 1 is 1.17 bits per heavy atom. The molecule has 0 saturated carbocycles. The van der Waals surface area contributed by atoms with Crippen LogP contribution in [-0.2, 0) is 6.54 Å². The molecule has 0 fully saturated rings. The van der Waals surface area contributed by atoms with Crippen LogP contribution in [0.25, 0.3) is 11.3 Å². The first-order valence-corrected chi connectivity index (χ1v) is 7.95. The average molecular weight is 427 g/mol. The zero-order valence-electron chi connectivity index (χ0n) is 13.8. The molecular weight excluding hydrogens is 401 g/mol. The largest absolute Gasteiger partial charge is 0.357 e. The van der Waals surface area contributed by atoms with Crippen molar-refractivity contribution in [2.75, 3.05) is 13.1 Å². The molecule has 126 valence electrons. The minimum absolute atomic E-state index is 0. The van der Waals surface area contributed by atoms with E-state index in [0.29, 0.717) is 6.54 Å². The second-order valence-corrected chi connectivity index (χ2v) is 5.09. The lowest BCUT2D eigenvalue weighted by atomic mass is 10.2. The van der Waals surface area contributed by atoms with E-state index in [1.807, 2.05) is 24.4 Å². The predicted octanol–water partition coefficient (Wildman–Crippen LogP) is 3.55. The fraction of sp³-hybridized carbons (Fsp3) is 0.412. The first kappa shape index (κ1) is 19.5. The van der Waals surface area contributed by atoms with Crippen LogP contribution in [0, 0.1) is 0 Å². The first-order chi connectivity index (χ1) is 10.8. The van der Waals surface area contributed by atoms with Gasteiger partial charge in [-0.25, -0.2) is 9.98 Å². The van der Waals surface area contributed by atoms with Crippen molar-refractivity contribution in [1.82, 2.24) is 20.6 Å². The highest BCUT2D eigenvalue weighted by molar-refractivity contribution is 14.0. The van der Waals surface area contributed by atoms with Gasteiger partial charge in [0.1, 0.15) is 12.4 Å². The van der Waals surface area contributed by atoms with Gasteiger partial charge in [0.15, 0.2) is 5.96 Å². The molecule has 1 aromatic heterocycles. The van der Waals surface area contributed by atoms with Gasteiger partial charge >= 0.3 is 0 Å². The molecule has 0 saturated heterocycles. The Bertz CT molecular complexity index is 580. The summed E-state index contributed by atoms with van der Waals surface area (Å²) < 4.78 is 0. The zero-order chi connectivity index (χ0) is 15.6. The molecule has 6 heteroatoms. The van der Waals surface area contributed by atoms with Gasteiger partial charge in [0, 0.05) is 13.1 Å². The van der Waals surface area contributed by atoms with Gasteiger partial charge in [-0.15, -0.1) is 24.0 Å². The Morgan fingerprint density at radius 2 is 1.96 bits per heavy atom. The van der Waals surface area contributed by atoms with E-state index in [4.69, 9.17) is 0 Å². The Labute approximate surface area is 155 Å². The van der Waals surface area contributed by atoms with Gasteiger partial charge in [-0.05, 0) is 18.9 Å². The summed E-state index contributed by atoms with van der Waals surface area (Å²) in [4.78, 5) is 12.3. The smallest absolute Gasteiger partial charge is 0.191 e. The Kier molecular flexibility index (Phi) is 9.35. The molecule has 5 nitrogen and oxygen atoms in total. The molecule has 0 radical (unpaired) electrons. The van der Waals surface area contributed by atoms with Crippen LogP contribution in [0.15, 0.2) is 41.5 Å². The summed E-state index contributed by atoms with van der Waals surface area (Å²) >= 11 is 0. The number of hydrogen-bond donors (Lipinski definition) is 3. The average Bonchev–Trinajstić information content (AvgIpc) is 3.03. The van der Waals surface area contributed by atoms with Crippen molar-refractivity contribution >= 4 is 29.9 Å². The molecule has 0 aliphatic carbocycles. The Morgan fingerprint density at radius 3 is 2.65 bits per heavy atom. The number of benzene rings is 1. The van der Waals surface area contributed by atoms with Crippen LogP contribution in [0.2, 0.25) is 0 Å². The van der Waals surface area contributed by atoms with Crippen LogP contribution >= 0.6 is 24.0 Å². The number of nitrogens with zero attached hydrogens (tertiary/aromatic N) is 2. The third-order valence-electron chi connectivity index (χ3n) is 3.27. The number of rotatable bonds is 7. The van der Waals surface area contributed by atoms with Crippen LogP contribution in [0.4, 0.5) is 0 Å². The molecule has 23 heavy (non-hydrogen) atoms. The summed E-state index contributed by atoms with van der Waals surface area (Å²) in [6, 6.07) is 10.2. The number of unbranched alkanes of at least 4 members (excludes halogenated alkanes) is 1. The van der Waals surface area contributed by atoms with E-state index in [1.54, 1.807) is 0 Å². The molecule has 0 aliphatic rings. The first-order valence-electron chi connectivity index (χ1n) is 7.95. The molecule has 0 unspecified atom stereocenters.